The van der Waals surface area contributed by atoms with Crippen molar-refractivity contribution in [2.45, 2.75) is 51.5 Å². The van der Waals surface area contributed by atoms with Gasteiger partial charge in [0.25, 0.3) is 0 Å². The van der Waals surface area contributed by atoms with Crippen LogP contribution in [0.3, 0.4) is 0 Å². The van der Waals surface area contributed by atoms with Crippen LogP contribution in [0, 0.1) is 0 Å². The van der Waals surface area contributed by atoms with Crippen LogP contribution in [0.4, 0.5) is 0 Å². The van der Waals surface area contributed by atoms with Crippen molar-refractivity contribution in [3.8, 4) is 0 Å². The van der Waals surface area contributed by atoms with E-state index in [2.05, 4.69) is 5.32 Å². The normalized spacial score (nSPS) is 18.6. The number of carbonyl (C=O) groups is 1. The van der Waals surface area contributed by atoms with Gasteiger partial charge in [0.1, 0.15) is 0 Å². The second-order valence-electron chi connectivity index (χ2n) is 3.30. The highest BCUT2D eigenvalue weighted by Gasteiger charge is 2.15. The fourth-order valence-electron chi connectivity index (χ4n) is 1.60. The first-order valence-electron chi connectivity index (χ1n) is 4.62. The van der Waals surface area contributed by atoms with E-state index >= 15 is 0 Å². The molecule has 0 saturated heterocycles. The number of carbonyl (C=O) groups excluding carboxylic acids is 1. The molecule has 0 bridgehead atoms. The van der Waals surface area contributed by atoms with Crippen molar-refractivity contribution < 1.29 is 4.79 Å². The van der Waals surface area contributed by atoms with Crippen LogP contribution in [-0.2, 0) is 4.79 Å². The minimum absolute atomic E-state index is 0.236. The molecule has 11 heavy (non-hydrogen) atoms. The summed E-state index contributed by atoms with van der Waals surface area (Å²) in [5.74, 6) is 0.236. The minimum atomic E-state index is 0.236. The molecular formula is C9H17NO. The molecule has 0 unspecified atom stereocenters. The Morgan fingerprint density at radius 3 is 2.64 bits per heavy atom. The zero-order valence-corrected chi connectivity index (χ0v) is 7.23. The van der Waals surface area contributed by atoms with Gasteiger partial charge in [-0.15, -0.1) is 0 Å². The van der Waals surface area contributed by atoms with Gasteiger partial charge in [-0.2, -0.15) is 0 Å². The Morgan fingerprint density at radius 2 is 2.09 bits per heavy atom. The molecule has 1 saturated carbocycles. The van der Waals surface area contributed by atoms with Gasteiger partial charge in [0.15, 0.2) is 0 Å². The summed E-state index contributed by atoms with van der Waals surface area (Å²) in [6.45, 7) is 2.04. The molecule has 0 atom stereocenters. The third-order valence-corrected chi connectivity index (χ3v) is 2.20. The van der Waals surface area contributed by atoms with Gasteiger partial charge in [0, 0.05) is 12.5 Å². The summed E-state index contributed by atoms with van der Waals surface area (Å²) < 4.78 is 0. The maximum Gasteiger partial charge on any atom is 0.220 e. The molecular weight excluding hydrogens is 138 g/mol. The van der Waals surface area contributed by atoms with E-state index < -0.39 is 0 Å². The van der Waals surface area contributed by atoms with Crippen LogP contribution < -0.4 is 5.32 Å². The van der Waals surface area contributed by atoms with Crippen LogP contribution in [-0.4, -0.2) is 11.9 Å². The lowest BCUT2D eigenvalue weighted by Gasteiger charge is -2.10. The van der Waals surface area contributed by atoms with Gasteiger partial charge in [-0.25, -0.2) is 0 Å². The number of hydrogen-bond donors (Lipinski definition) is 1. The van der Waals surface area contributed by atoms with Crippen molar-refractivity contribution in [3.05, 3.63) is 0 Å². The van der Waals surface area contributed by atoms with Crippen molar-refractivity contribution >= 4 is 5.91 Å². The second-order valence-corrected chi connectivity index (χ2v) is 3.30. The van der Waals surface area contributed by atoms with Gasteiger partial charge >= 0.3 is 0 Å². The average molecular weight is 155 g/mol. The van der Waals surface area contributed by atoms with Crippen LogP contribution in [0.5, 0.6) is 0 Å². The number of hydrogen-bond acceptors (Lipinski definition) is 1. The zero-order valence-electron chi connectivity index (χ0n) is 7.23. The fraction of sp³-hybridized carbons (Fsp3) is 0.889. The molecule has 1 fully saturated rings. The fourth-order valence-corrected chi connectivity index (χ4v) is 1.60. The third kappa shape index (κ3) is 2.91. The molecule has 2 heteroatoms. The molecule has 0 radical (unpaired) electrons. The van der Waals surface area contributed by atoms with Crippen LogP contribution in [0.1, 0.15) is 45.4 Å². The van der Waals surface area contributed by atoms with E-state index in [1.807, 2.05) is 6.92 Å². The zero-order chi connectivity index (χ0) is 8.10. The Balaban J connectivity index is 2.13. The summed E-state index contributed by atoms with van der Waals surface area (Å²) in [6.07, 6.45) is 6.61. The summed E-state index contributed by atoms with van der Waals surface area (Å²) in [7, 11) is 0. The Bertz CT molecular complexity index is 128. The van der Waals surface area contributed by atoms with Crippen molar-refractivity contribution in [2.24, 2.45) is 0 Å². The first-order valence-corrected chi connectivity index (χ1v) is 4.62. The molecule has 64 valence electrons. The Kier molecular flexibility index (Phi) is 3.40. The van der Waals surface area contributed by atoms with Gasteiger partial charge in [-0.05, 0) is 19.3 Å². The Hall–Kier alpha value is -0.530. The minimum Gasteiger partial charge on any atom is -0.353 e. The molecule has 2 nitrogen and oxygen atoms in total. The van der Waals surface area contributed by atoms with E-state index in [4.69, 9.17) is 0 Å². The maximum absolute atomic E-state index is 11.1. The lowest BCUT2D eigenvalue weighted by atomic mass is 10.2. The largest absolute Gasteiger partial charge is 0.353 e. The highest BCUT2D eigenvalue weighted by molar-refractivity contribution is 5.76. The smallest absolute Gasteiger partial charge is 0.220 e. The van der Waals surface area contributed by atoms with Gasteiger partial charge in [-0.1, -0.05) is 19.8 Å². The summed E-state index contributed by atoms with van der Waals surface area (Å²) in [5.41, 5.74) is 0. The maximum atomic E-state index is 11.1. The van der Waals surface area contributed by atoms with Crippen molar-refractivity contribution in [1.29, 1.82) is 0 Å². The van der Waals surface area contributed by atoms with Crippen molar-refractivity contribution in [2.75, 3.05) is 0 Å². The van der Waals surface area contributed by atoms with Gasteiger partial charge in [-0.3, -0.25) is 4.79 Å². The molecule has 1 N–H and O–H groups in total. The van der Waals surface area contributed by atoms with E-state index in [9.17, 15) is 4.79 Å². The molecule has 0 aromatic rings. The van der Waals surface area contributed by atoms with Gasteiger partial charge in [0.2, 0.25) is 5.91 Å². The molecule has 1 aliphatic carbocycles. The SMILES string of the molecule is CCCC(=O)NC1CCCC1. The highest BCUT2D eigenvalue weighted by Crippen LogP contribution is 2.17. The predicted molar refractivity (Wildman–Crippen MR) is 45.3 cm³/mol. The summed E-state index contributed by atoms with van der Waals surface area (Å²) in [6, 6.07) is 0.494. The quantitative estimate of drug-likeness (QED) is 0.662. The number of amides is 1. The Morgan fingerprint density at radius 1 is 1.45 bits per heavy atom. The third-order valence-electron chi connectivity index (χ3n) is 2.20. The molecule has 0 aromatic carbocycles. The lowest BCUT2D eigenvalue weighted by Crippen LogP contribution is -2.32. The summed E-state index contributed by atoms with van der Waals surface area (Å²) in [4.78, 5) is 11.1. The van der Waals surface area contributed by atoms with Crippen LogP contribution in [0.15, 0.2) is 0 Å². The standard InChI is InChI=1S/C9H17NO/c1-2-5-9(11)10-8-6-3-4-7-8/h8H,2-7H2,1H3,(H,10,11). The molecule has 0 aromatic heterocycles. The van der Waals surface area contributed by atoms with E-state index in [1.165, 1.54) is 25.7 Å². The average Bonchev–Trinajstić information content (AvgIpc) is 2.40. The van der Waals surface area contributed by atoms with Crippen molar-refractivity contribution in [1.82, 2.24) is 5.32 Å². The Labute approximate surface area is 68.4 Å². The molecule has 0 spiro atoms. The van der Waals surface area contributed by atoms with E-state index in [1.54, 1.807) is 0 Å². The molecule has 1 aliphatic rings. The number of rotatable bonds is 3. The van der Waals surface area contributed by atoms with Gasteiger partial charge in [0.05, 0.1) is 0 Å². The molecule has 1 rings (SSSR count). The monoisotopic (exact) mass is 155 g/mol. The predicted octanol–water partition coefficient (Wildman–Crippen LogP) is 1.85. The highest BCUT2D eigenvalue weighted by atomic mass is 16.1. The van der Waals surface area contributed by atoms with E-state index in [-0.39, 0.29) is 5.91 Å². The van der Waals surface area contributed by atoms with Gasteiger partial charge < -0.3 is 5.32 Å². The number of nitrogens with one attached hydrogen (secondary N) is 1. The lowest BCUT2D eigenvalue weighted by molar-refractivity contribution is -0.121. The first kappa shape index (κ1) is 8.57. The summed E-state index contributed by atoms with van der Waals surface area (Å²) in [5, 5.41) is 3.04. The topological polar surface area (TPSA) is 29.1 Å². The van der Waals surface area contributed by atoms with Crippen molar-refractivity contribution in [3.63, 3.8) is 0 Å². The van der Waals surface area contributed by atoms with E-state index in [0.29, 0.717) is 12.5 Å². The second kappa shape index (κ2) is 4.37. The first-order chi connectivity index (χ1) is 5.33. The van der Waals surface area contributed by atoms with Crippen LogP contribution in [0.25, 0.3) is 0 Å². The van der Waals surface area contributed by atoms with Crippen LogP contribution in [0.2, 0.25) is 0 Å². The molecule has 0 aliphatic heterocycles. The van der Waals surface area contributed by atoms with E-state index in [0.717, 1.165) is 6.42 Å². The molecule has 1 amide bonds. The summed E-state index contributed by atoms with van der Waals surface area (Å²) >= 11 is 0. The molecule has 0 heterocycles. The van der Waals surface area contributed by atoms with Crippen LogP contribution >= 0.6 is 0 Å².